The maximum absolute atomic E-state index is 13.5. The first-order chi connectivity index (χ1) is 17.0. The number of hydrogen-bond acceptors (Lipinski definition) is 5. The summed E-state index contributed by atoms with van der Waals surface area (Å²) in [7, 11) is 1.61. The molecule has 0 radical (unpaired) electrons. The Kier molecular flexibility index (Phi) is 7.58. The summed E-state index contributed by atoms with van der Waals surface area (Å²) in [6.07, 6.45) is 2.77. The van der Waals surface area contributed by atoms with Crippen LogP contribution in [0.3, 0.4) is 0 Å². The van der Waals surface area contributed by atoms with E-state index in [-0.39, 0.29) is 30.3 Å². The highest BCUT2D eigenvalue weighted by molar-refractivity contribution is 6.09. The highest BCUT2D eigenvalue weighted by atomic mass is 16.5. The van der Waals surface area contributed by atoms with Gasteiger partial charge in [-0.15, -0.1) is 0 Å². The zero-order chi connectivity index (χ0) is 24.9. The Morgan fingerprint density at radius 3 is 2.49 bits per heavy atom. The number of benzene rings is 2. The Labute approximate surface area is 206 Å². The molecule has 1 saturated heterocycles. The fourth-order valence-corrected chi connectivity index (χ4v) is 4.89. The van der Waals surface area contributed by atoms with E-state index < -0.39 is 0 Å². The third-order valence-corrected chi connectivity index (χ3v) is 6.88. The van der Waals surface area contributed by atoms with Gasteiger partial charge in [0, 0.05) is 31.7 Å². The molecule has 3 amide bonds. The topological polar surface area (TPSA) is 82.2 Å². The molecule has 1 atom stereocenters. The molecule has 0 saturated carbocycles. The zero-order valence-corrected chi connectivity index (χ0v) is 20.8. The van der Waals surface area contributed by atoms with Crippen molar-refractivity contribution in [2.75, 3.05) is 43.1 Å². The average molecular weight is 479 g/mol. The van der Waals surface area contributed by atoms with Crippen LogP contribution in [0.2, 0.25) is 0 Å². The van der Waals surface area contributed by atoms with E-state index in [4.69, 9.17) is 4.74 Å². The SMILES string of the molecule is CCN(CC)C(=O)c1ccc2c(c1)N(CC(=O)NCc1ccc(OC)cc1)C(=O)[C@H]1CCCCN21. The molecule has 0 aliphatic carbocycles. The van der Waals surface area contributed by atoms with Crippen LogP contribution < -0.4 is 19.9 Å². The van der Waals surface area contributed by atoms with Crippen molar-refractivity contribution < 1.29 is 19.1 Å². The summed E-state index contributed by atoms with van der Waals surface area (Å²) in [5.74, 6) is 0.353. The summed E-state index contributed by atoms with van der Waals surface area (Å²) in [6, 6.07) is 12.7. The number of methoxy groups -OCH3 is 1. The molecule has 1 N–H and O–H groups in total. The summed E-state index contributed by atoms with van der Waals surface area (Å²) in [6.45, 7) is 6.17. The molecule has 4 rings (SSSR count). The van der Waals surface area contributed by atoms with Gasteiger partial charge in [-0.25, -0.2) is 0 Å². The number of carbonyl (C=O) groups excluding carboxylic acids is 3. The average Bonchev–Trinajstić information content (AvgIpc) is 2.90. The second-order valence-electron chi connectivity index (χ2n) is 8.94. The zero-order valence-electron chi connectivity index (χ0n) is 20.8. The molecule has 8 heteroatoms. The predicted molar refractivity (Wildman–Crippen MR) is 136 cm³/mol. The molecule has 0 spiro atoms. The summed E-state index contributed by atoms with van der Waals surface area (Å²) in [5, 5.41) is 2.92. The van der Waals surface area contributed by atoms with Gasteiger partial charge in [0.15, 0.2) is 0 Å². The summed E-state index contributed by atoms with van der Waals surface area (Å²) < 4.78 is 5.18. The lowest BCUT2D eigenvalue weighted by Gasteiger charge is -2.45. The van der Waals surface area contributed by atoms with Crippen molar-refractivity contribution in [2.45, 2.75) is 45.7 Å². The summed E-state index contributed by atoms with van der Waals surface area (Å²) in [4.78, 5) is 44.9. The van der Waals surface area contributed by atoms with Crippen LogP contribution >= 0.6 is 0 Å². The molecule has 2 heterocycles. The van der Waals surface area contributed by atoms with Gasteiger partial charge in [0.25, 0.3) is 5.91 Å². The number of piperidine rings is 1. The van der Waals surface area contributed by atoms with Gasteiger partial charge in [0.1, 0.15) is 18.3 Å². The molecule has 1 fully saturated rings. The van der Waals surface area contributed by atoms with Crippen LogP contribution in [0.25, 0.3) is 0 Å². The van der Waals surface area contributed by atoms with E-state index in [9.17, 15) is 14.4 Å². The molecule has 186 valence electrons. The quantitative estimate of drug-likeness (QED) is 0.630. The summed E-state index contributed by atoms with van der Waals surface area (Å²) >= 11 is 0. The monoisotopic (exact) mass is 478 g/mol. The Balaban J connectivity index is 1.57. The Morgan fingerprint density at radius 1 is 1.06 bits per heavy atom. The van der Waals surface area contributed by atoms with Gasteiger partial charge in [-0.1, -0.05) is 12.1 Å². The van der Waals surface area contributed by atoms with Gasteiger partial charge in [0.05, 0.1) is 18.5 Å². The minimum absolute atomic E-state index is 0.0741. The molecule has 2 aliphatic rings. The minimum atomic E-state index is -0.269. The fraction of sp³-hybridized carbons (Fsp3) is 0.444. The number of nitrogens with zero attached hydrogens (tertiary/aromatic N) is 3. The molecule has 2 aromatic carbocycles. The van der Waals surface area contributed by atoms with E-state index in [2.05, 4.69) is 10.2 Å². The van der Waals surface area contributed by atoms with E-state index in [0.717, 1.165) is 42.8 Å². The van der Waals surface area contributed by atoms with Gasteiger partial charge in [0.2, 0.25) is 11.8 Å². The van der Waals surface area contributed by atoms with E-state index in [1.165, 1.54) is 0 Å². The number of hydrogen-bond donors (Lipinski definition) is 1. The first-order valence-corrected chi connectivity index (χ1v) is 12.4. The maximum atomic E-state index is 13.5. The van der Waals surface area contributed by atoms with Crippen molar-refractivity contribution in [2.24, 2.45) is 0 Å². The lowest BCUT2D eigenvalue weighted by Crippen LogP contribution is -2.57. The lowest BCUT2D eigenvalue weighted by atomic mass is 9.95. The summed E-state index contributed by atoms with van der Waals surface area (Å²) in [5.41, 5.74) is 3.01. The van der Waals surface area contributed by atoms with Crippen LogP contribution in [-0.4, -0.2) is 62.0 Å². The lowest BCUT2D eigenvalue weighted by molar-refractivity contribution is -0.125. The largest absolute Gasteiger partial charge is 0.497 e. The van der Waals surface area contributed by atoms with Gasteiger partial charge in [-0.05, 0) is 69.0 Å². The predicted octanol–water partition coefficient (Wildman–Crippen LogP) is 3.20. The second-order valence-corrected chi connectivity index (χ2v) is 8.94. The molecular formula is C27H34N4O4. The normalized spacial score (nSPS) is 16.9. The molecule has 2 aliphatic heterocycles. The van der Waals surface area contributed by atoms with Crippen molar-refractivity contribution in [1.29, 1.82) is 0 Å². The molecule has 2 aromatic rings. The molecular weight excluding hydrogens is 444 g/mol. The Bertz CT molecular complexity index is 1080. The van der Waals surface area contributed by atoms with Crippen molar-refractivity contribution in [3.8, 4) is 5.75 Å². The number of fused-ring (bicyclic) bond motifs is 3. The van der Waals surface area contributed by atoms with Crippen LogP contribution in [-0.2, 0) is 16.1 Å². The van der Waals surface area contributed by atoms with Crippen molar-refractivity contribution >= 4 is 29.1 Å². The van der Waals surface area contributed by atoms with Crippen molar-refractivity contribution in [3.05, 3.63) is 53.6 Å². The van der Waals surface area contributed by atoms with Crippen LogP contribution in [0.4, 0.5) is 11.4 Å². The number of nitrogens with one attached hydrogen (secondary N) is 1. The first-order valence-electron chi connectivity index (χ1n) is 12.4. The Hall–Kier alpha value is -3.55. The maximum Gasteiger partial charge on any atom is 0.253 e. The molecule has 0 unspecified atom stereocenters. The number of rotatable bonds is 8. The first kappa shape index (κ1) is 24.6. The molecule has 0 aromatic heterocycles. The highest BCUT2D eigenvalue weighted by Crippen LogP contribution is 2.40. The van der Waals surface area contributed by atoms with Crippen molar-refractivity contribution in [1.82, 2.24) is 10.2 Å². The Morgan fingerprint density at radius 2 is 1.80 bits per heavy atom. The van der Waals surface area contributed by atoms with Crippen LogP contribution in [0.15, 0.2) is 42.5 Å². The van der Waals surface area contributed by atoms with E-state index in [0.29, 0.717) is 30.9 Å². The van der Waals surface area contributed by atoms with Gasteiger partial charge in [-0.3, -0.25) is 19.3 Å². The molecule has 35 heavy (non-hydrogen) atoms. The van der Waals surface area contributed by atoms with Gasteiger partial charge >= 0.3 is 0 Å². The van der Waals surface area contributed by atoms with Crippen LogP contribution in [0.5, 0.6) is 5.75 Å². The minimum Gasteiger partial charge on any atom is -0.497 e. The van der Waals surface area contributed by atoms with Crippen LogP contribution in [0.1, 0.15) is 49.0 Å². The number of anilines is 2. The van der Waals surface area contributed by atoms with Crippen LogP contribution in [0, 0.1) is 0 Å². The third kappa shape index (κ3) is 5.11. The highest BCUT2D eigenvalue weighted by Gasteiger charge is 2.40. The smallest absolute Gasteiger partial charge is 0.253 e. The fourth-order valence-electron chi connectivity index (χ4n) is 4.89. The number of carbonyl (C=O) groups is 3. The second kappa shape index (κ2) is 10.8. The number of amides is 3. The third-order valence-electron chi connectivity index (χ3n) is 6.88. The molecule has 8 nitrogen and oxygen atoms in total. The van der Waals surface area contributed by atoms with E-state index >= 15 is 0 Å². The van der Waals surface area contributed by atoms with E-state index in [1.54, 1.807) is 23.0 Å². The molecule has 0 bridgehead atoms. The van der Waals surface area contributed by atoms with Crippen molar-refractivity contribution in [3.63, 3.8) is 0 Å². The van der Waals surface area contributed by atoms with Gasteiger partial charge < -0.3 is 19.9 Å². The van der Waals surface area contributed by atoms with E-state index in [1.807, 2.05) is 50.2 Å². The standard InChI is InChI=1S/C27H34N4O4/c1-4-29(5-2)26(33)20-11-14-22-24(16-20)31(27(34)23-8-6-7-15-30(22)23)18-25(32)28-17-19-9-12-21(35-3)13-10-19/h9-14,16,23H,4-8,15,17-18H2,1-3H3,(H,28,32)/t23-/m1/s1. The van der Waals surface area contributed by atoms with Gasteiger partial charge in [-0.2, -0.15) is 0 Å². The number of ether oxygens (including phenoxy) is 1.